The summed E-state index contributed by atoms with van der Waals surface area (Å²) in [6.45, 7) is 3.47. The Morgan fingerprint density at radius 3 is 2.35 bits per heavy atom. The zero-order valence-electron chi connectivity index (χ0n) is 18.8. The number of sulfonamides is 1. The smallest absolute Gasteiger partial charge is 0.338 e. The highest BCUT2D eigenvalue weighted by Gasteiger charge is 2.29. The van der Waals surface area contributed by atoms with Crippen LogP contribution >= 0.6 is 11.3 Å². The number of carbonyl (C=O) groups is 2. The number of nitrogens with zero attached hydrogens (tertiary/aromatic N) is 2. The molecule has 0 bridgehead atoms. The van der Waals surface area contributed by atoms with Gasteiger partial charge in [0.15, 0.2) is 6.61 Å². The Kier molecular flexibility index (Phi) is 7.45. The standard InChI is InChI=1S/C25H26N2O5S2/c1-2-21-11-12-24(33-21)23(28)18-32-25(29)19-7-6-10-22(17-19)34(30,31)27-15-13-26(14-16-27)20-8-4-3-5-9-20/h3-12,17H,2,13-16,18H2,1H3. The number of carbonyl (C=O) groups excluding carboxylic acids is 2. The number of anilines is 1. The summed E-state index contributed by atoms with van der Waals surface area (Å²) in [6.07, 6.45) is 0.834. The fraction of sp³-hybridized carbons (Fsp3) is 0.280. The quantitative estimate of drug-likeness (QED) is 0.346. The lowest BCUT2D eigenvalue weighted by Crippen LogP contribution is -2.48. The summed E-state index contributed by atoms with van der Waals surface area (Å²) in [6, 6.07) is 19.3. The van der Waals surface area contributed by atoms with Gasteiger partial charge in [0, 0.05) is 36.7 Å². The van der Waals surface area contributed by atoms with E-state index in [1.54, 1.807) is 6.07 Å². The monoisotopic (exact) mass is 498 g/mol. The zero-order valence-corrected chi connectivity index (χ0v) is 20.5. The number of ether oxygens (including phenoxy) is 1. The van der Waals surface area contributed by atoms with Gasteiger partial charge in [0.2, 0.25) is 15.8 Å². The van der Waals surface area contributed by atoms with Crippen molar-refractivity contribution in [1.29, 1.82) is 0 Å². The number of hydrogen-bond acceptors (Lipinski definition) is 7. The summed E-state index contributed by atoms with van der Waals surface area (Å²) in [7, 11) is -3.76. The molecular weight excluding hydrogens is 472 g/mol. The van der Waals surface area contributed by atoms with Gasteiger partial charge >= 0.3 is 5.97 Å². The highest BCUT2D eigenvalue weighted by Crippen LogP contribution is 2.22. The molecule has 0 saturated carbocycles. The first kappa shape index (κ1) is 24.1. The van der Waals surface area contributed by atoms with Crippen molar-refractivity contribution in [2.24, 2.45) is 0 Å². The third kappa shape index (κ3) is 5.38. The fourth-order valence-corrected chi connectivity index (χ4v) is 6.10. The van der Waals surface area contributed by atoms with Crippen molar-refractivity contribution in [3.8, 4) is 0 Å². The lowest BCUT2D eigenvalue weighted by molar-refractivity contribution is 0.0475. The first-order valence-electron chi connectivity index (χ1n) is 11.1. The van der Waals surface area contributed by atoms with Crippen molar-refractivity contribution < 1.29 is 22.7 Å². The molecular formula is C25H26N2O5S2. The summed E-state index contributed by atoms with van der Waals surface area (Å²) in [5, 5.41) is 0. The van der Waals surface area contributed by atoms with Crippen LogP contribution in [0.5, 0.6) is 0 Å². The van der Waals surface area contributed by atoms with Crippen LogP contribution in [-0.2, 0) is 21.2 Å². The molecule has 0 spiro atoms. The molecule has 1 aliphatic rings. The largest absolute Gasteiger partial charge is 0.454 e. The molecule has 1 aliphatic heterocycles. The molecule has 1 aromatic heterocycles. The number of ketones is 1. The van der Waals surface area contributed by atoms with E-state index < -0.39 is 16.0 Å². The predicted molar refractivity (Wildman–Crippen MR) is 132 cm³/mol. The van der Waals surface area contributed by atoms with E-state index in [1.165, 1.54) is 39.9 Å². The van der Waals surface area contributed by atoms with E-state index in [9.17, 15) is 18.0 Å². The lowest BCUT2D eigenvalue weighted by atomic mass is 10.2. The maximum absolute atomic E-state index is 13.2. The van der Waals surface area contributed by atoms with Crippen LogP contribution in [0.4, 0.5) is 5.69 Å². The van der Waals surface area contributed by atoms with Crippen LogP contribution in [0.15, 0.2) is 71.6 Å². The normalized spacial score (nSPS) is 14.7. The van der Waals surface area contributed by atoms with E-state index in [4.69, 9.17) is 4.74 Å². The average Bonchev–Trinajstić information content (AvgIpc) is 3.37. The Labute approximate surface area is 203 Å². The van der Waals surface area contributed by atoms with Gasteiger partial charge < -0.3 is 9.64 Å². The number of rotatable bonds is 8. The topological polar surface area (TPSA) is 84.0 Å². The molecule has 2 aromatic carbocycles. The Morgan fingerprint density at radius 1 is 0.941 bits per heavy atom. The summed E-state index contributed by atoms with van der Waals surface area (Å²) in [4.78, 5) is 28.6. The molecule has 2 heterocycles. The second kappa shape index (κ2) is 10.5. The molecule has 34 heavy (non-hydrogen) atoms. The van der Waals surface area contributed by atoms with Crippen LogP contribution in [-0.4, -0.2) is 57.3 Å². The average molecular weight is 499 g/mol. The summed E-state index contributed by atoms with van der Waals surface area (Å²) in [5.41, 5.74) is 1.16. The van der Waals surface area contributed by atoms with Crippen LogP contribution in [0.3, 0.4) is 0 Å². The van der Waals surface area contributed by atoms with Crippen LogP contribution < -0.4 is 4.90 Å². The molecule has 1 fully saturated rings. The number of benzene rings is 2. The van der Waals surface area contributed by atoms with Gasteiger partial charge in [-0.3, -0.25) is 4.79 Å². The van der Waals surface area contributed by atoms with Crippen LogP contribution in [0.1, 0.15) is 31.8 Å². The molecule has 0 amide bonds. The minimum absolute atomic E-state index is 0.0345. The summed E-state index contributed by atoms with van der Waals surface area (Å²) in [5.74, 6) is -1.01. The van der Waals surface area contributed by atoms with Gasteiger partial charge in [-0.15, -0.1) is 11.3 Å². The SMILES string of the molecule is CCc1ccc(C(=O)COC(=O)c2cccc(S(=O)(=O)N3CCN(c4ccccc4)CC3)c2)s1. The van der Waals surface area contributed by atoms with Crippen molar-refractivity contribution in [2.75, 3.05) is 37.7 Å². The first-order valence-corrected chi connectivity index (χ1v) is 13.3. The molecule has 7 nitrogen and oxygen atoms in total. The third-order valence-corrected chi connectivity index (χ3v) is 8.85. The van der Waals surface area contributed by atoms with E-state index in [-0.39, 0.29) is 22.8 Å². The first-order chi connectivity index (χ1) is 16.4. The molecule has 178 valence electrons. The Hall–Kier alpha value is -3.01. The number of para-hydroxylation sites is 1. The molecule has 0 unspecified atom stereocenters. The number of esters is 1. The predicted octanol–water partition coefficient (Wildman–Crippen LogP) is 3.86. The van der Waals surface area contributed by atoms with Crippen LogP contribution in [0, 0.1) is 0 Å². The molecule has 0 atom stereocenters. The van der Waals surface area contributed by atoms with Gasteiger partial charge in [-0.1, -0.05) is 31.2 Å². The highest BCUT2D eigenvalue weighted by atomic mass is 32.2. The van der Waals surface area contributed by atoms with Crippen molar-refractivity contribution in [3.05, 3.63) is 82.0 Å². The van der Waals surface area contributed by atoms with Crippen molar-refractivity contribution >= 4 is 38.8 Å². The molecule has 0 aliphatic carbocycles. The van der Waals surface area contributed by atoms with E-state index in [0.29, 0.717) is 31.1 Å². The maximum Gasteiger partial charge on any atom is 0.338 e. The second-order valence-electron chi connectivity index (χ2n) is 7.87. The minimum Gasteiger partial charge on any atom is -0.454 e. The van der Waals surface area contributed by atoms with Crippen molar-refractivity contribution in [3.63, 3.8) is 0 Å². The Balaban J connectivity index is 1.39. The van der Waals surface area contributed by atoms with Gasteiger partial charge in [-0.25, -0.2) is 13.2 Å². The number of thiophene rings is 1. The van der Waals surface area contributed by atoms with Gasteiger partial charge in [-0.05, 0) is 48.9 Å². The fourth-order valence-electron chi connectivity index (χ4n) is 3.76. The second-order valence-corrected chi connectivity index (χ2v) is 11.0. The summed E-state index contributed by atoms with van der Waals surface area (Å²) >= 11 is 1.38. The van der Waals surface area contributed by atoms with Crippen LogP contribution in [0.2, 0.25) is 0 Å². The summed E-state index contributed by atoms with van der Waals surface area (Å²) < 4.78 is 33.0. The number of hydrogen-bond donors (Lipinski definition) is 0. The van der Waals surface area contributed by atoms with Crippen molar-refractivity contribution in [1.82, 2.24) is 4.31 Å². The van der Waals surface area contributed by atoms with Gasteiger partial charge in [0.1, 0.15) is 0 Å². The molecule has 4 rings (SSSR count). The Morgan fingerprint density at radius 2 is 1.68 bits per heavy atom. The molecule has 1 saturated heterocycles. The van der Waals surface area contributed by atoms with Gasteiger partial charge in [-0.2, -0.15) is 4.31 Å². The zero-order chi connectivity index (χ0) is 24.1. The van der Waals surface area contributed by atoms with E-state index >= 15 is 0 Å². The number of aryl methyl sites for hydroxylation is 1. The maximum atomic E-state index is 13.2. The molecule has 0 radical (unpaired) electrons. The van der Waals surface area contributed by atoms with Gasteiger partial charge in [0.25, 0.3) is 0 Å². The van der Waals surface area contributed by atoms with E-state index in [0.717, 1.165) is 17.0 Å². The Bertz CT molecular complexity index is 1260. The van der Waals surface area contributed by atoms with Crippen molar-refractivity contribution in [2.45, 2.75) is 18.2 Å². The third-order valence-electron chi connectivity index (χ3n) is 5.69. The minimum atomic E-state index is -3.76. The molecule has 9 heteroatoms. The van der Waals surface area contributed by atoms with E-state index in [2.05, 4.69) is 4.90 Å². The number of piperazine rings is 1. The van der Waals surface area contributed by atoms with Crippen LogP contribution in [0.25, 0.3) is 0 Å². The lowest BCUT2D eigenvalue weighted by Gasteiger charge is -2.35. The molecule has 0 N–H and O–H groups in total. The number of Topliss-reactive ketones (excluding diaryl/α,β-unsaturated/α-hetero) is 1. The van der Waals surface area contributed by atoms with E-state index in [1.807, 2.05) is 43.3 Å². The molecule has 3 aromatic rings. The highest BCUT2D eigenvalue weighted by molar-refractivity contribution is 7.89. The van der Waals surface area contributed by atoms with Gasteiger partial charge in [0.05, 0.1) is 15.3 Å².